The second-order valence-corrected chi connectivity index (χ2v) is 23.1. The number of ether oxygens (including phenoxy) is 2. The number of nitrogens with zero attached hydrogens (tertiary/aromatic N) is 6. The summed E-state index contributed by atoms with van der Waals surface area (Å²) in [6, 6.07) is 12.3. The fourth-order valence-electron chi connectivity index (χ4n) is 8.31. The van der Waals surface area contributed by atoms with Crippen LogP contribution in [0.1, 0.15) is 67.5 Å². The van der Waals surface area contributed by atoms with E-state index in [9.17, 15) is 9.90 Å². The molecule has 0 unspecified atom stereocenters. The highest BCUT2D eigenvalue weighted by Gasteiger charge is 2.33. The quantitative estimate of drug-likeness (QED) is 0.0909. The van der Waals surface area contributed by atoms with Crippen molar-refractivity contribution in [1.82, 2.24) is 24.1 Å². The molecule has 306 valence electrons. The summed E-state index contributed by atoms with van der Waals surface area (Å²) in [4.78, 5) is 29.9. The molecular formula is C44H52Cl2N6O5Si. The van der Waals surface area contributed by atoms with Gasteiger partial charge in [0.15, 0.2) is 0 Å². The molecule has 0 aliphatic carbocycles. The van der Waals surface area contributed by atoms with E-state index in [1.165, 1.54) is 0 Å². The van der Waals surface area contributed by atoms with Gasteiger partial charge in [0.1, 0.15) is 18.2 Å². The zero-order chi connectivity index (χ0) is 41.8. The number of fused-ring (bicyclic) bond motifs is 4. The van der Waals surface area contributed by atoms with Crippen molar-refractivity contribution in [3.05, 3.63) is 91.5 Å². The van der Waals surface area contributed by atoms with Crippen LogP contribution in [0.15, 0.2) is 36.4 Å². The molecule has 11 nitrogen and oxygen atoms in total. The molecule has 3 aromatic carbocycles. The maximum Gasteiger partial charge on any atom is 0.336 e. The number of rotatable bonds is 13. The minimum absolute atomic E-state index is 0.0950. The lowest BCUT2D eigenvalue weighted by Gasteiger charge is -2.22. The van der Waals surface area contributed by atoms with E-state index < -0.39 is 14.0 Å². The van der Waals surface area contributed by atoms with E-state index >= 15 is 4.79 Å². The lowest BCUT2D eigenvalue weighted by atomic mass is 9.98. The van der Waals surface area contributed by atoms with Gasteiger partial charge in [-0.2, -0.15) is 10.2 Å². The summed E-state index contributed by atoms with van der Waals surface area (Å²) in [6.45, 7) is 18.8. The molecule has 58 heavy (non-hydrogen) atoms. The number of carbonyl (C=O) groups is 2. The number of aromatic nitrogens is 5. The number of amides is 1. The molecular weight excluding hydrogens is 792 g/mol. The van der Waals surface area contributed by atoms with Crippen LogP contribution in [-0.4, -0.2) is 68.9 Å². The molecule has 7 rings (SSSR count). The van der Waals surface area contributed by atoms with Crippen LogP contribution < -0.4 is 9.64 Å². The van der Waals surface area contributed by atoms with E-state index in [1.54, 1.807) is 15.6 Å². The van der Waals surface area contributed by atoms with Crippen molar-refractivity contribution in [2.75, 3.05) is 24.7 Å². The lowest BCUT2D eigenvalue weighted by Crippen LogP contribution is -2.32. The predicted octanol–water partition coefficient (Wildman–Crippen LogP) is 10.3. The van der Waals surface area contributed by atoms with Gasteiger partial charge >= 0.3 is 5.97 Å². The number of halogens is 2. The third kappa shape index (κ3) is 7.79. The van der Waals surface area contributed by atoms with Crippen molar-refractivity contribution >= 4 is 70.6 Å². The van der Waals surface area contributed by atoms with E-state index in [2.05, 4.69) is 24.2 Å². The molecule has 0 radical (unpaired) electrons. The van der Waals surface area contributed by atoms with Gasteiger partial charge in [0, 0.05) is 73.1 Å². The highest BCUT2D eigenvalue weighted by Crippen LogP contribution is 2.43. The number of carboxylic acids is 1. The molecule has 6 aromatic rings. The number of aromatic carboxylic acids is 1. The molecule has 0 spiro atoms. The number of benzene rings is 3. The van der Waals surface area contributed by atoms with Crippen LogP contribution in [0.2, 0.25) is 35.7 Å². The molecule has 1 amide bonds. The number of hydrogen-bond acceptors (Lipinski definition) is 6. The first-order valence-electron chi connectivity index (χ1n) is 19.8. The monoisotopic (exact) mass is 842 g/mol. The van der Waals surface area contributed by atoms with Gasteiger partial charge < -0.3 is 24.0 Å². The zero-order valence-electron chi connectivity index (χ0n) is 34.8. The van der Waals surface area contributed by atoms with Crippen LogP contribution in [0.25, 0.3) is 32.9 Å². The maximum atomic E-state index is 15.3. The summed E-state index contributed by atoms with van der Waals surface area (Å²) in [5.74, 6) is -0.543. The van der Waals surface area contributed by atoms with Gasteiger partial charge in [0.05, 0.1) is 39.6 Å². The lowest BCUT2D eigenvalue weighted by molar-refractivity contribution is 0.0698. The average molecular weight is 844 g/mol. The van der Waals surface area contributed by atoms with E-state index in [-0.39, 0.29) is 18.2 Å². The van der Waals surface area contributed by atoms with Crippen LogP contribution in [0.5, 0.6) is 5.75 Å². The average Bonchev–Trinajstić information content (AvgIpc) is 3.69. The Balaban J connectivity index is 1.34. The first-order chi connectivity index (χ1) is 27.5. The summed E-state index contributed by atoms with van der Waals surface area (Å²) in [5, 5.41) is 22.7. The first kappa shape index (κ1) is 41.5. The second-order valence-electron chi connectivity index (χ2n) is 16.7. The number of carbonyl (C=O) groups excluding carboxylic acids is 1. The Bertz CT molecular complexity index is 2580. The van der Waals surface area contributed by atoms with Gasteiger partial charge in [-0.1, -0.05) is 48.9 Å². The maximum absolute atomic E-state index is 15.3. The fraction of sp³-hybridized carbons (Fsp3) is 0.409. The normalized spacial score (nSPS) is 13.5. The van der Waals surface area contributed by atoms with E-state index in [0.29, 0.717) is 78.6 Å². The highest BCUT2D eigenvalue weighted by atomic mass is 35.5. The molecule has 1 aliphatic rings. The smallest absolute Gasteiger partial charge is 0.336 e. The van der Waals surface area contributed by atoms with Gasteiger partial charge in [-0.05, 0) is 107 Å². The second kappa shape index (κ2) is 16.2. The summed E-state index contributed by atoms with van der Waals surface area (Å²) in [6.07, 6.45) is 1.81. The summed E-state index contributed by atoms with van der Waals surface area (Å²) < 4.78 is 18.0. The molecule has 3 aromatic heterocycles. The molecule has 0 saturated carbocycles. The highest BCUT2D eigenvalue weighted by molar-refractivity contribution is 6.76. The molecule has 0 saturated heterocycles. The molecule has 1 N–H and O–H groups in total. The van der Waals surface area contributed by atoms with E-state index in [0.717, 1.165) is 66.9 Å². The Kier molecular flexibility index (Phi) is 11.6. The summed E-state index contributed by atoms with van der Waals surface area (Å²) >= 11 is 13.5. The minimum atomic E-state index is -1.32. The topological polar surface area (TPSA) is 117 Å². The van der Waals surface area contributed by atoms with Crippen LogP contribution in [0.4, 0.5) is 5.69 Å². The van der Waals surface area contributed by atoms with Crippen molar-refractivity contribution in [3.63, 3.8) is 0 Å². The SMILES string of the molecule is Cc1cc(OCCCc2c3n(c4c(-c5c(C)nn(C)c5C)c(Cl)ccc24)CCCN(c2cc(C(=O)O)c4c(C)nn(COCC[Si](C)(C)C)c4c2)C3=O)cc(C)c1Cl. The van der Waals surface area contributed by atoms with Gasteiger partial charge in [-0.3, -0.25) is 9.48 Å². The van der Waals surface area contributed by atoms with Gasteiger partial charge in [-0.25, -0.2) is 9.48 Å². The van der Waals surface area contributed by atoms with Gasteiger partial charge in [0.2, 0.25) is 0 Å². The van der Waals surface area contributed by atoms with Crippen molar-refractivity contribution in [2.45, 2.75) is 92.8 Å². The Morgan fingerprint density at radius 1 is 0.931 bits per heavy atom. The third-order valence-corrected chi connectivity index (χ3v) is 13.9. The van der Waals surface area contributed by atoms with E-state index in [1.807, 2.05) is 76.7 Å². The van der Waals surface area contributed by atoms with Crippen molar-refractivity contribution < 1.29 is 24.2 Å². The number of hydrogen-bond donors (Lipinski definition) is 1. The number of aryl methyl sites for hydroxylation is 7. The van der Waals surface area contributed by atoms with Crippen LogP contribution in [0, 0.1) is 34.6 Å². The van der Waals surface area contributed by atoms with Gasteiger partial charge in [0.25, 0.3) is 5.91 Å². The van der Waals surface area contributed by atoms with Crippen molar-refractivity contribution in [1.29, 1.82) is 0 Å². The molecule has 1 aliphatic heterocycles. The van der Waals surface area contributed by atoms with Gasteiger partial charge in [-0.15, -0.1) is 0 Å². The minimum Gasteiger partial charge on any atom is -0.494 e. The van der Waals surface area contributed by atoms with Crippen LogP contribution in [0.3, 0.4) is 0 Å². The standard InChI is InChI=1S/C44H52Cl2N6O5Si/c1-25-20-31(21-26(2)40(25)46)57-17-10-12-32-33-13-14-35(45)39(37-27(3)47-49(6)29(37)5)41(33)51-16-11-15-50(43(53)42(32)51)30-22-34(44(54)55)38-28(4)48-52(36(38)23-30)24-56-18-19-58(7,8)9/h13-14,20-23H,10-12,15-19,24H2,1-9H3,(H,54,55). The molecule has 14 heteroatoms. The number of anilines is 1. The first-order valence-corrected chi connectivity index (χ1v) is 24.3. The predicted molar refractivity (Wildman–Crippen MR) is 235 cm³/mol. The Hall–Kier alpha value is -4.62. The van der Waals surface area contributed by atoms with Crippen LogP contribution >= 0.6 is 23.2 Å². The summed E-state index contributed by atoms with van der Waals surface area (Å²) in [5.41, 5.74) is 9.66. The Labute approximate surface area is 350 Å². The third-order valence-electron chi connectivity index (χ3n) is 11.3. The van der Waals surface area contributed by atoms with Crippen molar-refractivity contribution in [3.8, 4) is 16.9 Å². The zero-order valence-corrected chi connectivity index (χ0v) is 37.4. The Morgan fingerprint density at radius 3 is 2.31 bits per heavy atom. The summed E-state index contributed by atoms with van der Waals surface area (Å²) in [7, 11) is 0.598. The molecule has 4 heterocycles. The molecule has 0 atom stereocenters. The molecule has 0 bridgehead atoms. The van der Waals surface area contributed by atoms with E-state index in [4.69, 9.17) is 42.9 Å². The fourth-order valence-corrected chi connectivity index (χ4v) is 9.42. The molecule has 0 fully saturated rings. The van der Waals surface area contributed by atoms with Crippen LogP contribution in [-0.2, 0) is 31.5 Å². The number of carboxylic acid groups (broad SMARTS) is 1. The largest absolute Gasteiger partial charge is 0.494 e. The Morgan fingerprint density at radius 2 is 1.66 bits per heavy atom. The van der Waals surface area contributed by atoms with Crippen molar-refractivity contribution in [2.24, 2.45) is 7.05 Å².